The molecule has 0 saturated heterocycles. The minimum atomic E-state index is -1.29. The number of halogens is 3. The van der Waals surface area contributed by atoms with Crippen molar-refractivity contribution in [3.63, 3.8) is 0 Å². The van der Waals surface area contributed by atoms with Gasteiger partial charge in [-0.15, -0.1) is 0 Å². The van der Waals surface area contributed by atoms with E-state index in [2.05, 4.69) is 26.6 Å². The summed E-state index contributed by atoms with van der Waals surface area (Å²) in [6, 6.07) is 2.51. The molecule has 8 heteroatoms. The number of carboxylic acid groups (broad SMARTS) is 1. The first kappa shape index (κ1) is 16.4. The van der Waals surface area contributed by atoms with Crippen LogP contribution in [0.25, 0.3) is 0 Å². The second kappa shape index (κ2) is 6.02. The van der Waals surface area contributed by atoms with E-state index in [1.807, 2.05) is 0 Å². The number of carbonyl (C=O) groups is 2. The summed E-state index contributed by atoms with van der Waals surface area (Å²) in [7, 11) is 0. The van der Waals surface area contributed by atoms with Gasteiger partial charge in [0.25, 0.3) is 0 Å². The van der Waals surface area contributed by atoms with E-state index < -0.39 is 17.5 Å². The lowest BCUT2D eigenvalue weighted by atomic mass is 9.96. The Hall–Kier alpha value is -0.980. The van der Waals surface area contributed by atoms with Crippen LogP contribution >= 0.6 is 39.1 Å². The zero-order valence-corrected chi connectivity index (χ0v) is 14.1. The van der Waals surface area contributed by atoms with Gasteiger partial charge in [-0.25, -0.2) is 9.59 Å². The first-order chi connectivity index (χ1) is 9.74. The molecule has 2 amide bonds. The van der Waals surface area contributed by atoms with Crippen molar-refractivity contribution in [1.29, 1.82) is 0 Å². The van der Waals surface area contributed by atoms with Crippen molar-refractivity contribution < 1.29 is 14.7 Å². The van der Waals surface area contributed by atoms with Crippen molar-refractivity contribution in [3.05, 3.63) is 26.7 Å². The molecule has 2 rings (SSSR count). The highest BCUT2D eigenvalue weighted by atomic mass is 79.9. The molecule has 1 aliphatic carbocycles. The van der Waals surface area contributed by atoms with Crippen LogP contribution in [0.1, 0.15) is 19.8 Å². The number of carbonyl (C=O) groups excluding carboxylic acids is 1. The average Bonchev–Trinajstić information content (AvgIpc) is 3.17. The van der Waals surface area contributed by atoms with Crippen LogP contribution in [0.2, 0.25) is 10.0 Å². The topological polar surface area (TPSA) is 78.4 Å². The summed E-state index contributed by atoms with van der Waals surface area (Å²) in [5.74, 6) is -1.12. The van der Waals surface area contributed by atoms with Gasteiger partial charge in [0.15, 0.2) is 0 Å². The van der Waals surface area contributed by atoms with Crippen LogP contribution < -0.4 is 10.6 Å². The number of amides is 2. The number of hydrogen-bond acceptors (Lipinski definition) is 2. The molecule has 0 heterocycles. The molecule has 114 valence electrons. The van der Waals surface area contributed by atoms with E-state index in [0.29, 0.717) is 4.47 Å². The molecule has 3 N–H and O–H groups in total. The largest absolute Gasteiger partial charge is 0.480 e. The second-order valence-corrected chi connectivity index (χ2v) is 6.84. The molecular weight excluding hydrogens is 383 g/mol. The third-order valence-corrected chi connectivity index (χ3v) is 4.51. The maximum absolute atomic E-state index is 12.0. The summed E-state index contributed by atoms with van der Waals surface area (Å²) >= 11 is 15.3. The van der Waals surface area contributed by atoms with E-state index in [0.717, 1.165) is 12.8 Å². The lowest BCUT2D eigenvalue weighted by Crippen LogP contribution is -2.55. The van der Waals surface area contributed by atoms with Gasteiger partial charge < -0.3 is 15.7 Å². The number of nitrogens with one attached hydrogen (secondary N) is 2. The standard InChI is InChI=1S/C13H13BrCl2N2O3/c1-13(11(19)20,6-2-3-6)18-12(21)17-10-8(15)4-7(14)5-9(10)16/h4-6H,2-3H2,1H3,(H,19,20)(H2,17,18,21). The third kappa shape index (κ3) is 3.62. The lowest BCUT2D eigenvalue weighted by Gasteiger charge is -2.26. The smallest absolute Gasteiger partial charge is 0.329 e. The minimum absolute atomic E-state index is 0.0587. The van der Waals surface area contributed by atoms with Crippen molar-refractivity contribution in [1.82, 2.24) is 5.32 Å². The number of rotatable bonds is 4. The lowest BCUT2D eigenvalue weighted by molar-refractivity contribution is -0.144. The van der Waals surface area contributed by atoms with E-state index in [-0.39, 0.29) is 21.7 Å². The Morgan fingerprint density at radius 1 is 1.33 bits per heavy atom. The highest BCUT2D eigenvalue weighted by Gasteiger charge is 2.48. The number of carboxylic acids is 1. The van der Waals surface area contributed by atoms with E-state index >= 15 is 0 Å². The Kier molecular flexibility index (Phi) is 4.70. The number of aliphatic carboxylic acids is 1. The van der Waals surface area contributed by atoms with E-state index in [1.54, 1.807) is 12.1 Å². The van der Waals surface area contributed by atoms with Gasteiger partial charge in [0, 0.05) is 4.47 Å². The summed E-state index contributed by atoms with van der Waals surface area (Å²) in [5.41, 5.74) is -1.05. The van der Waals surface area contributed by atoms with Crippen LogP contribution in [0, 0.1) is 5.92 Å². The highest BCUT2D eigenvalue weighted by molar-refractivity contribution is 9.10. The fourth-order valence-electron chi connectivity index (χ4n) is 2.03. The number of urea groups is 1. The molecule has 1 unspecified atom stereocenters. The SMILES string of the molecule is CC(NC(=O)Nc1c(Cl)cc(Br)cc1Cl)(C(=O)O)C1CC1. The first-order valence-corrected chi connectivity index (χ1v) is 7.76. The number of anilines is 1. The van der Waals surface area contributed by atoms with Crippen LogP contribution in [-0.4, -0.2) is 22.6 Å². The molecular formula is C13H13BrCl2N2O3. The summed E-state index contributed by atoms with van der Waals surface area (Å²) < 4.78 is 0.678. The van der Waals surface area contributed by atoms with Gasteiger partial charge in [-0.3, -0.25) is 0 Å². The first-order valence-electron chi connectivity index (χ1n) is 6.21. The molecule has 1 aromatic carbocycles. The quantitative estimate of drug-likeness (QED) is 0.717. The Morgan fingerprint density at radius 3 is 2.29 bits per heavy atom. The molecule has 0 aliphatic heterocycles. The summed E-state index contributed by atoms with van der Waals surface area (Å²) in [6.07, 6.45) is 1.56. The summed E-state index contributed by atoms with van der Waals surface area (Å²) in [4.78, 5) is 23.4. The Morgan fingerprint density at radius 2 is 1.86 bits per heavy atom. The van der Waals surface area contributed by atoms with Crippen LogP contribution in [-0.2, 0) is 4.79 Å². The molecule has 1 aromatic rings. The Bertz CT molecular complexity index is 584. The van der Waals surface area contributed by atoms with Crippen LogP contribution in [0.3, 0.4) is 0 Å². The third-order valence-electron chi connectivity index (χ3n) is 3.46. The fraction of sp³-hybridized carbons (Fsp3) is 0.385. The van der Waals surface area contributed by atoms with Crippen molar-refractivity contribution in [2.45, 2.75) is 25.3 Å². The van der Waals surface area contributed by atoms with Gasteiger partial charge in [-0.1, -0.05) is 39.1 Å². The van der Waals surface area contributed by atoms with Gasteiger partial charge in [0.05, 0.1) is 15.7 Å². The summed E-state index contributed by atoms with van der Waals surface area (Å²) in [6.45, 7) is 1.50. The molecule has 5 nitrogen and oxygen atoms in total. The predicted octanol–water partition coefficient (Wildman–Crippen LogP) is 4.13. The van der Waals surface area contributed by atoms with Crippen molar-refractivity contribution >= 4 is 56.8 Å². The summed E-state index contributed by atoms with van der Waals surface area (Å²) in [5, 5.41) is 14.8. The molecule has 21 heavy (non-hydrogen) atoms. The van der Waals surface area contributed by atoms with E-state index in [9.17, 15) is 14.7 Å². The van der Waals surface area contributed by atoms with Gasteiger partial charge in [0.2, 0.25) is 0 Å². The number of hydrogen-bond donors (Lipinski definition) is 3. The molecule has 1 aliphatic rings. The van der Waals surface area contributed by atoms with Crippen LogP contribution in [0.15, 0.2) is 16.6 Å². The van der Waals surface area contributed by atoms with Gasteiger partial charge in [0.1, 0.15) is 5.54 Å². The maximum atomic E-state index is 12.0. The molecule has 0 spiro atoms. The highest BCUT2D eigenvalue weighted by Crippen LogP contribution is 2.40. The molecule has 1 fully saturated rings. The molecule has 0 radical (unpaired) electrons. The van der Waals surface area contributed by atoms with Crippen molar-refractivity contribution in [2.24, 2.45) is 5.92 Å². The van der Waals surface area contributed by atoms with Crippen LogP contribution in [0.4, 0.5) is 10.5 Å². The van der Waals surface area contributed by atoms with E-state index in [1.165, 1.54) is 6.92 Å². The monoisotopic (exact) mass is 394 g/mol. The molecule has 0 bridgehead atoms. The Labute approximate surface area is 140 Å². The van der Waals surface area contributed by atoms with Gasteiger partial charge >= 0.3 is 12.0 Å². The minimum Gasteiger partial charge on any atom is -0.480 e. The van der Waals surface area contributed by atoms with E-state index in [4.69, 9.17) is 23.2 Å². The number of benzene rings is 1. The van der Waals surface area contributed by atoms with Gasteiger partial charge in [-0.05, 0) is 37.8 Å². The second-order valence-electron chi connectivity index (χ2n) is 5.11. The molecule has 1 atom stereocenters. The zero-order chi connectivity index (χ0) is 15.8. The van der Waals surface area contributed by atoms with Gasteiger partial charge in [-0.2, -0.15) is 0 Å². The normalized spacial score (nSPS) is 17.0. The molecule has 1 saturated carbocycles. The Balaban J connectivity index is 2.13. The maximum Gasteiger partial charge on any atom is 0.329 e. The average molecular weight is 396 g/mol. The fourth-order valence-corrected chi connectivity index (χ4v) is 3.34. The van der Waals surface area contributed by atoms with Crippen molar-refractivity contribution in [3.8, 4) is 0 Å². The molecule has 0 aromatic heterocycles. The predicted molar refractivity (Wildman–Crippen MR) is 85.1 cm³/mol. The van der Waals surface area contributed by atoms with Crippen LogP contribution in [0.5, 0.6) is 0 Å². The zero-order valence-electron chi connectivity index (χ0n) is 11.0. The van der Waals surface area contributed by atoms with Crippen molar-refractivity contribution in [2.75, 3.05) is 5.32 Å².